The molecule has 7 nitrogen and oxygen atoms in total. The Labute approximate surface area is 150 Å². The molecular weight excluding hydrogens is 320 g/mol. The fourth-order valence-corrected chi connectivity index (χ4v) is 3.67. The van der Waals surface area contributed by atoms with E-state index in [0.717, 1.165) is 25.7 Å². The summed E-state index contributed by atoms with van der Waals surface area (Å²) in [4.78, 5) is 26.1. The average Bonchev–Trinajstić information content (AvgIpc) is 2.66. The highest BCUT2D eigenvalue weighted by Crippen LogP contribution is 2.30. The second-order valence-corrected chi connectivity index (χ2v) is 6.88. The van der Waals surface area contributed by atoms with Gasteiger partial charge in [0.2, 0.25) is 5.91 Å². The molecule has 0 atom stereocenters. The maximum absolute atomic E-state index is 12.6. The number of hydrogen-bond acceptors (Lipinski definition) is 5. The number of nitrogens with one attached hydrogen (secondary N) is 1. The van der Waals surface area contributed by atoms with E-state index in [4.69, 9.17) is 4.74 Å². The Morgan fingerprint density at radius 3 is 2.40 bits per heavy atom. The van der Waals surface area contributed by atoms with Gasteiger partial charge in [-0.15, -0.1) is 0 Å². The topological polar surface area (TPSA) is 85.7 Å². The van der Waals surface area contributed by atoms with Crippen LogP contribution in [0.3, 0.4) is 0 Å². The van der Waals surface area contributed by atoms with Crippen LogP contribution in [0.2, 0.25) is 0 Å². The molecule has 2 fully saturated rings. The molecular formula is C18H30N4O3. The molecule has 0 unspecified atom stereocenters. The molecule has 0 bridgehead atoms. The van der Waals surface area contributed by atoms with Crippen LogP contribution in [0.4, 0.5) is 4.79 Å². The molecule has 2 rings (SSSR count). The zero-order valence-corrected chi connectivity index (χ0v) is 15.4. The van der Waals surface area contributed by atoms with Gasteiger partial charge in [0.05, 0.1) is 12.7 Å². The summed E-state index contributed by atoms with van der Waals surface area (Å²) in [6.45, 7) is 4.77. The standard InChI is InChI=1S/C18H30N4O3/c1-3-16(23)22(20-15-8-6-5-7-9-15)18(14-19)10-12-21(13-11-18)17(24)25-4-2/h15,20H,3-13H2,1-2H3. The lowest BCUT2D eigenvalue weighted by atomic mass is 9.87. The first-order chi connectivity index (χ1) is 12.1. The molecule has 1 aliphatic heterocycles. The van der Waals surface area contributed by atoms with Gasteiger partial charge in [-0.1, -0.05) is 26.2 Å². The molecule has 1 saturated carbocycles. The number of likely N-dealkylation sites (tertiary alicyclic amines) is 1. The minimum Gasteiger partial charge on any atom is -0.450 e. The number of amides is 2. The molecule has 1 heterocycles. The van der Waals surface area contributed by atoms with Crippen LogP contribution in [0.5, 0.6) is 0 Å². The van der Waals surface area contributed by atoms with E-state index in [0.29, 0.717) is 39.0 Å². The zero-order chi connectivity index (χ0) is 18.3. The lowest BCUT2D eigenvalue weighted by Gasteiger charge is -2.45. The van der Waals surface area contributed by atoms with Crippen molar-refractivity contribution >= 4 is 12.0 Å². The molecule has 0 aromatic carbocycles. The second kappa shape index (κ2) is 9.04. The molecule has 25 heavy (non-hydrogen) atoms. The highest BCUT2D eigenvalue weighted by Gasteiger charge is 2.44. The van der Waals surface area contributed by atoms with Crippen LogP contribution < -0.4 is 5.43 Å². The van der Waals surface area contributed by atoms with Gasteiger partial charge in [-0.05, 0) is 19.8 Å². The number of rotatable bonds is 5. The predicted octanol–water partition coefficient (Wildman–Crippen LogP) is 2.58. The van der Waals surface area contributed by atoms with Crippen molar-refractivity contribution in [2.45, 2.75) is 76.8 Å². The van der Waals surface area contributed by atoms with Gasteiger partial charge in [0.1, 0.15) is 5.54 Å². The molecule has 2 amide bonds. The van der Waals surface area contributed by atoms with Gasteiger partial charge in [-0.2, -0.15) is 5.26 Å². The number of ether oxygens (including phenoxy) is 1. The van der Waals surface area contributed by atoms with E-state index in [9.17, 15) is 14.9 Å². The molecule has 140 valence electrons. The SMILES string of the molecule is CCOC(=O)N1CCC(C#N)(N(NC2CCCCC2)C(=O)CC)CC1. The van der Waals surface area contributed by atoms with Crippen LogP contribution >= 0.6 is 0 Å². The van der Waals surface area contributed by atoms with E-state index >= 15 is 0 Å². The highest BCUT2D eigenvalue weighted by atomic mass is 16.6. The fraction of sp³-hybridized carbons (Fsp3) is 0.833. The zero-order valence-electron chi connectivity index (χ0n) is 15.4. The van der Waals surface area contributed by atoms with Crippen LogP contribution in [0.25, 0.3) is 0 Å². The van der Waals surface area contributed by atoms with Crippen LogP contribution in [-0.2, 0) is 9.53 Å². The first-order valence-corrected chi connectivity index (χ1v) is 9.48. The van der Waals surface area contributed by atoms with E-state index in [-0.39, 0.29) is 18.0 Å². The molecule has 0 radical (unpaired) electrons. The molecule has 2 aliphatic rings. The third-order valence-corrected chi connectivity index (χ3v) is 5.22. The Kier molecular flexibility index (Phi) is 7.06. The van der Waals surface area contributed by atoms with Gasteiger partial charge in [-0.3, -0.25) is 9.80 Å². The number of carbonyl (C=O) groups is 2. The van der Waals surface area contributed by atoms with Crippen molar-refractivity contribution in [1.29, 1.82) is 5.26 Å². The first kappa shape index (κ1) is 19.5. The Hall–Kier alpha value is -1.81. The van der Waals surface area contributed by atoms with Gasteiger partial charge in [0.25, 0.3) is 0 Å². The predicted molar refractivity (Wildman–Crippen MR) is 93.3 cm³/mol. The van der Waals surface area contributed by atoms with E-state index in [2.05, 4.69) is 11.5 Å². The summed E-state index contributed by atoms with van der Waals surface area (Å²) in [5.41, 5.74) is 2.47. The summed E-state index contributed by atoms with van der Waals surface area (Å²) in [6.07, 6.45) is 6.49. The third-order valence-electron chi connectivity index (χ3n) is 5.22. The summed E-state index contributed by atoms with van der Waals surface area (Å²) >= 11 is 0. The van der Waals surface area contributed by atoms with E-state index in [1.807, 2.05) is 6.92 Å². The Balaban J connectivity index is 2.09. The van der Waals surface area contributed by atoms with E-state index in [1.165, 1.54) is 6.42 Å². The summed E-state index contributed by atoms with van der Waals surface area (Å²) in [7, 11) is 0. The Morgan fingerprint density at radius 1 is 1.24 bits per heavy atom. The van der Waals surface area contributed by atoms with Crippen molar-refractivity contribution in [3.05, 3.63) is 0 Å². The van der Waals surface area contributed by atoms with Crippen molar-refractivity contribution in [3.63, 3.8) is 0 Å². The molecule has 0 aromatic rings. The highest BCUT2D eigenvalue weighted by molar-refractivity contribution is 5.77. The van der Waals surface area contributed by atoms with Crippen molar-refractivity contribution < 1.29 is 14.3 Å². The average molecular weight is 350 g/mol. The first-order valence-electron chi connectivity index (χ1n) is 9.48. The van der Waals surface area contributed by atoms with Crippen LogP contribution in [0, 0.1) is 11.3 Å². The maximum atomic E-state index is 12.6. The van der Waals surface area contributed by atoms with Crippen LogP contribution in [0.1, 0.15) is 65.2 Å². The number of hydrazine groups is 1. The van der Waals surface area contributed by atoms with E-state index < -0.39 is 5.54 Å². The summed E-state index contributed by atoms with van der Waals surface area (Å²) in [6, 6.07) is 2.63. The fourth-order valence-electron chi connectivity index (χ4n) is 3.67. The number of piperidine rings is 1. The minimum absolute atomic E-state index is 0.0586. The quantitative estimate of drug-likeness (QED) is 0.770. The molecule has 1 aliphatic carbocycles. The lowest BCUT2D eigenvalue weighted by Crippen LogP contribution is -2.64. The molecule has 0 aromatic heterocycles. The lowest BCUT2D eigenvalue weighted by molar-refractivity contribution is -0.143. The van der Waals surface area contributed by atoms with Crippen molar-refractivity contribution in [1.82, 2.24) is 15.3 Å². The van der Waals surface area contributed by atoms with Crippen LogP contribution in [0.15, 0.2) is 0 Å². The van der Waals surface area contributed by atoms with Crippen molar-refractivity contribution in [2.24, 2.45) is 0 Å². The van der Waals surface area contributed by atoms with Gasteiger partial charge in [-0.25, -0.2) is 10.2 Å². The summed E-state index contributed by atoms with van der Waals surface area (Å²) < 4.78 is 5.04. The van der Waals surface area contributed by atoms with Gasteiger partial charge in [0, 0.05) is 38.4 Å². The largest absolute Gasteiger partial charge is 0.450 e. The minimum atomic E-state index is -0.895. The summed E-state index contributed by atoms with van der Waals surface area (Å²) in [5, 5.41) is 11.5. The smallest absolute Gasteiger partial charge is 0.409 e. The second-order valence-electron chi connectivity index (χ2n) is 6.88. The van der Waals surface area contributed by atoms with Crippen molar-refractivity contribution in [2.75, 3.05) is 19.7 Å². The number of nitrogens with zero attached hydrogens (tertiary/aromatic N) is 3. The summed E-state index contributed by atoms with van der Waals surface area (Å²) in [5.74, 6) is -0.0586. The van der Waals surface area contributed by atoms with Crippen LogP contribution in [-0.4, -0.2) is 53.2 Å². The molecule has 0 spiro atoms. The molecule has 7 heteroatoms. The molecule has 1 saturated heterocycles. The molecule has 1 N–H and O–H groups in total. The Morgan fingerprint density at radius 2 is 1.88 bits per heavy atom. The number of carbonyl (C=O) groups excluding carboxylic acids is 2. The normalized spacial score (nSPS) is 20.6. The van der Waals surface area contributed by atoms with Gasteiger partial charge in [0.15, 0.2) is 0 Å². The monoisotopic (exact) mass is 350 g/mol. The van der Waals surface area contributed by atoms with Gasteiger partial charge < -0.3 is 9.64 Å². The van der Waals surface area contributed by atoms with Gasteiger partial charge >= 0.3 is 6.09 Å². The van der Waals surface area contributed by atoms with E-state index in [1.54, 1.807) is 16.8 Å². The number of hydrogen-bond donors (Lipinski definition) is 1. The maximum Gasteiger partial charge on any atom is 0.409 e. The van der Waals surface area contributed by atoms with Crippen molar-refractivity contribution in [3.8, 4) is 6.07 Å². The third kappa shape index (κ3) is 4.63. The number of nitriles is 1. The Bertz CT molecular complexity index is 503.